The number of aryl methyl sites for hydroxylation is 1. The van der Waals surface area contributed by atoms with Gasteiger partial charge in [-0.1, -0.05) is 48.0 Å². The number of hydrogen-bond acceptors (Lipinski definition) is 3. The first-order valence-electron chi connectivity index (χ1n) is 8.92. The van der Waals surface area contributed by atoms with E-state index in [1.54, 1.807) is 13.1 Å². The van der Waals surface area contributed by atoms with Gasteiger partial charge in [-0.3, -0.25) is 19.8 Å². The van der Waals surface area contributed by atoms with Crippen molar-refractivity contribution in [3.05, 3.63) is 77.0 Å². The van der Waals surface area contributed by atoms with Crippen molar-refractivity contribution in [2.75, 3.05) is 7.05 Å². The molecule has 2 amide bonds. The molecule has 5 nitrogen and oxygen atoms in total. The third-order valence-corrected chi connectivity index (χ3v) is 5.24. The number of fused-ring (bicyclic) bond motifs is 1. The van der Waals surface area contributed by atoms with Gasteiger partial charge in [0.2, 0.25) is 0 Å². The van der Waals surface area contributed by atoms with Crippen molar-refractivity contribution in [2.45, 2.75) is 13.5 Å². The number of carbonyl (C=O) groups excluding carboxylic acids is 2. The molecule has 1 aliphatic heterocycles. The molecule has 0 spiro atoms. The molecule has 1 fully saturated rings. The molecule has 2 aromatic carbocycles. The van der Waals surface area contributed by atoms with E-state index in [1.807, 2.05) is 36.5 Å². The number of aromatic nitrogens is 1. The van der Waals surface area contributed by atoms with Crippen LogP contribution in [0.15, 0.2) is 60.3 Å². The van der Waals surface area contributed by atoms with Gasteiger partial charge in [0.1, 0.15) is 5.57 Å². The standard InChI is InChI=1S/C22H19N3O2S/c1-14-6-5-7-15(10-14)12-25-13-16(17-8-3-4-9-19(17)25)11-18-20(26)23-22(28)24(2)21(18)27/h3-11,13H,12H2,1-2H3,(H,23,26,28)/b18-11+. The fourth-order valence-electron chi connectivity index (χ4n) is 3.43. The highest BCUT2D eigenvalue weighted by Crippen LogP contribution is 2.25. The molecule has 1 aliphatic rings. The predicted octanol–water partition coefficient (Wildman–Crippen LogP) is 3.25. The van der Waals surface area contributed by atoms with Gasteiger partial charge < -0.3 is 4.57 Å². The summed E-state index contributed by atoms with van der Waals surface area (Å²) in [5.74, 6) is -0.868. The summed E-state index contributed by atoms with van der Waals surface area (Å²) >= 11 is 5.01. The van der Waals surface area contributed by atoms with Gasteiger partial charge in [0, 0.05) is 36.3 Å². The normalized spacial score (nSPS) is 16.1. The Kier molecular flexibility index (Phi) is 4.57. The van der Waals surface area contributed by atoms with Crippen molar-refractivity contribution >= 4 is 46.1 Å². The summed E-state index contributed by atoms with van der Waals surface area (Å²) in [6, 6.07) is 16.3. The second kappa shape index (κ2) is 7.05. The van der Waals surface area contributed by atoms with Gasteiger partial charge in [0.25, 0.3) is 11.8 Å². The van der Waals surface area contributed by atoms with Gasteiger partial charge in [-0.2, -0.15) is 0 Å². The average Bonchev–Trinajstić information content (AvgIpc) is 3.01. The van der Waals surface area contributed by atoms with E-state index in [9.17, 15) is 9.59 Å². The maximum Gasteiger partial charge on any atom is 0.265 e. The number of likely N-dealkylation sites (N-methyl/N-ethyl adjacent to an activating group) is 1. The van der Waals surface area contributed by atoms with Gasteiger partial charge in [-0.05, 0) is 36.8 Å². The highest BCUT2D eigenvalue weighted by Gasteiger charge is 2.31. The number of benzene rings is 2. The number of carbonyl (C=O) groups is 2. The number of amides is 2. The van der Waals surface area contributed by atoms with Crippen molar-refractivity contribution in [2.24, 2.45) is 0 Å². The largest absolute Gasteiger partial charge is 0.342 e. The fourth-order valence-corrected chi connectivity index (χ4v) is 3.60. The van der Waals surface area contributed by atoms with E-state index in [2.05, 4.69) is 35.0 Å². The molecule has 0 aliphatic carbocycles. The Balaban J connectivity index is 1.79. The Bertz CT molecular complexity index is 1160. The monoisotopic (exact) mass is 389 g/mol. The van der Waals surface area contributed by atoms with E-state index in [4.69, 9.17) is 12.2 Å². The van der Waals surface area contributed by atoms with Gasteiger partial charge in [0.05, 0.1) is 0 Å². The lowest BCUT2D eigenvalue weighted by Gasteiger charge is -2.24. The molecule has 140 valence electrons. The molecular weight excluding hydrogens is 370 g/mol. The molecule has 0 unspecified atom stereocenters. The van der Waals surface area contributed by atoms with Gasteiger partial charge in [-0.25, -0.2) is 0 Å². The third kappa shape index (κ3) is 3.23. The summed E-state index contributed by atoms with van der Waals surface area (Å²) in [5, 5.41) is 3.66. The lowest BCUT2D eigenvalue weighted by atomic mass is 10.1. The summed E-state index contributed by atoms with van der Waals surface area (Å²) in [5.41, 5.74) is 4.34. The van der Waals surface area contributed by atoms with Crippen LogP contribution in [-0.4, -0.2) is 33.4 Å². The maximum absolute atomic E-state index is 12.5. The van der Waals surface area contributed by atoms with Crippen LogP contribution >= 0.6 is 12.2 Å². The minimum atomic E-state index is -0.469. The van der Waals surface area contributed by atoms with E-state index in [1.165, 1.54) is 16.0 Å². The third-order valence-electron chi connectivity index (χ3n) is 4.86. The smallest absolute Gasteiger partial charge is 0.265 e. The summed E-state index contributed by atoms with van der Waals surface area (Å²) in [7, 11) is 1.55. The second-order valence-electron chi connectivity index (χ2n) is 6.90. The minimum Gasteiger partial charge on any atom is -0.342 e. The van der Waals surface area contributed by atoms with Crippen molar-refractivity contribution in [1.82, 2.24) is 14.8 Å². The molecule has 1 aromatic heterocycles. The summed E-state index contributed by atoms with van der Waals surface area (Å²) in [6.45, 7) is 2.77. The van der Waals surface area contributed by atoms with Crippen LogP contribution in [0.2, 0.25) is 0 Å². The second-order valence-corrected chi connectivity index (χ2v) is 7.29. The van der Waals surface area contributed by atoms with Crippen LogP contribution in [0.25, 0.3) is 17.0 Å². The number of nitrogens with zero attached hydrogens (tertiary/aromatic N) is 2. The predicted molar refractivity (Wildman–Crippen MR) is 114 cm³/mol. The van der Waals surface area contributed by atoms with E-state index < -0.39 is 11.8 Å². The van der Waals surface area contributed by atoms with E-state index in [0.717, 1.165) is 16.5 Å². The number of para-hydroxylation sites is 1. The van der Waals surface area contributed by atoms with Crippen molar-refractivity contribution < 1.29 is 9.59 Å². The van der Waals surface area contributed by atoms with E-state index >= 15 is 0 Å². The quantitative estimate of drug-likeness (QED) is 0.425. The highest BCUT2D eigenvalue weighted by atomic mass is 32.1. The summed E-state index contributed by atoms with van der Waals surface area (Å²) < 4.78 is 2.13. The molecular formula is C22H19N3O2S. The van der Waals surface area contributed by atoms with Gasteiger partial charge in [-0.15, -0.1) is 0 Å². The van der Waals surface area contributed by atoms with Crippen LogP contribution in [0.4, 0.5) is 0 Å². The van der Waals surface area contributed by atoms with Crippen LogP contribution in [0.3, 0.4) is 0 Å². The van der Waals surface area contributed by atoms with Crippen molar-refractivity contribution in [3.63, 3.8) is 0 Å². The molecule has 0 bridgehead atoms. The van der Waals surface area contributed by atoms with Crippen LogP contribution in [0.1, 0.15) is 16.7 Å². The van der Waals surface area contributed by atoms with Crippen LogP contribution in [-0.2, 0) is 16.1 Å². The Morgan fingerprint density at radius 2 is 1.89 bits per heavy atom. The van der Waals surface area contributed by atoms with Crippen molar-refractivity contribution in [3.8, 4) is 0 Å². The lowest BCUT2D eigenvalue weighted by Crippen LogP contribution is -2.52. The molecule has 2 heterocycles. The Morgan fingerprint density at radius 3 is 2.68 bits per heavy atom. The van der Waals surface area contributed by atoms with E-state index in [-0.39, 0.29) is 10.7 Å². The first kappa shape index (κ1) is 18.1. The molecule has 0 saturated carbocycles. The molecule has 0 atom stereocenters. The number of rotatable bonds is 3. The molecule has 6 heteroatoms. The first-order chi connectivity index (χ1) is 13.4. The fraction of sp³-hybridized carbons (Fsp3) is 0.136. The van der Waals surface area contributed by atoms with Crippen LogP contribution < -0.4 is 5.32 Å². The Morgan fingerprint density at radius 1 is 1.11 bits per heavy atom. The molecule has 1 saturated heterocycles. The first-order valence-corrected chi connectivity index (χ1v) is 9.33. The zero-order valence-corrected chi connectivity index (χ0v) is 16.4. The molecule has 3 aromatic rings. The van der Waals surface area contributed by atoms with Crippen LogP contribution in [0.5, 0.6) is 0 Å². The van der Waals surface area contributed by atoms with E-state index in [0.29, 0.717) is 6.54 Å². The van der Waals surface area contributed by atoms with Crippen LogP contribution in [0, 0.1) is 6.92 Å². The maximum atomic E-state index is 12.5. The SMILES string of the molecule is Cc1cccc(Cn2cc(/C=C3\C(=O)NC(=S)N(C)C3=O)c3ccccc32)c1. The van der Waals surface area contributed by atoms with Crippen molar-refractivity contribution in [1.29, 1.82) is 0 Å². The summed E-state index contributed by atoms with van der Waals surface area (Å²) in [4.78, 5) is 26.1. The zero-order chi connectivity index (χ0) is 19.8. The number of hydrogen-bond donors (Lipinski definition) is 1. The Labute approximate surface area is 168 Å². The molecule has 4 rings (SSSR count). The molecule has 0 radical (unpaired) electrons. The average molecular weight is 389 g/mol. The van der Waals surface area contributed by atoms with Gasteiger partial charge in [0.15, 0.2) is 5.11 Å². The minimum absolute atomic E-state index is 0.0783. The lowest BCUT2D eigenvalue weighted by molar-refractivity contribution is -0.128. The number of nitrogens with one attached hydrogen (secondary N) is 1. The topological polar surface area (TPSA) is 54.3 Å². The highest BCUT2D eigenvalue weighted by molar-refractivity contribution is 7.80. The van der Waals surface area contributed by atoms with Gasteiger partial charge >= 0.3 is 0 Å². The molecule has 28 heavy (non-hydrogen) atoms. The Hall–Kier alpha value is -3.25. The number of thiocarbonyl (C=S) groups is 1. The zero-order valence-electron chi connectivity index (χ0n) is 15.6. The molecule has 1 N–H and O–H groups in total. The summed E-state index contributed by atoms with van der Waals surface area (Å²) in [6.07, 6.45) is 3.62.